The topological polar surface area (TPSA) is 141 Å². The van der Waals surface area contributed by atoms with Gasteiger partial charge in [-0.05, 0) is 30.2 Å². The Balaban J connectivity index is 1.96. The lowest BCUT2D eigenvalue weighted by molar-refractivity contribution is -0.384. The fourth-order valence-electron chi connectivity index (χ4n) is 2.29. The van der Waals surface area contributed by atoms with Crippen molar-refractivity contribution in [1.82, 2.24) is 5.32 Å². The van der Waals surface area contributed by atoms with Crippen LogP contribution in [-0.2, 0) is 14.3 Å². The molecule has 1 aromatic carbocycles. The molecule has 0 spiro atoms. The molecular formula is C18H18FN3O7. The number of hydrogen-bond acceptors (Lipinski definition) is 7. The van der Waals surface area contributed by atoms with Crippen molar-refractivity contribution in [3.8, 4) is 0 Å². The molecule has 154 valence electrons. The number of esters is 1. The van der Waals surface area contributed by atoms with Crippen LogP contribution in [0.4, 0.5) is 15.8 Å². The molecule has 2 rings (SSSR count). The molecule has 10 nitrogen and oxygen atoms in total. The van der Waals surface area contributed by atoms with Gasteiger partial charge in [0, 0.05) is 0 Å². The predicted octanol–water partition coefficient (Wildman–Crippen LogP) is 2.26. The second-order valence-corrected chi connectivity index (χ2v) is 6.25. The van der Waals surface area contributed by atoms with Gasteiger partial charge in [-0.1, -0.05) is 13.8 Å². The second kappa shape index (κ2) is 9.44. The largest absolute Gasteiger partial charge is 0.459 e. The maximum Gasteiger partial charge on any atom is 0.329 e. The summed E-state index contributed by atoms with van der Waals surface area (Å²) in [6, 6.07) is 4.49. The highest BCUT2D eigenvalue weighted by Gasteiger charge is 2.28. The lowest BCUT2D eigenvalue weighted by atomic mass is 10.0. The Kier molecular flexibility index (Phi) is 7.01. The van der Waals surface area contributed by atoms with Crippen LogP contribution in [0.15, 0.2) is 41.0 Å². The maximum absolute atomic E-state index is 13.1. The standard InChI is InChI=1S/C18H18FN3O7/c1-10(2)16(21-17(24)14-4-3-7-28-14)18(25)29-9-15(23)20-12-6-5-11(19)8-13(12)22(26)27/h3-8,10,16H,9H2,1-2H3,(H,20,23)(H,21,24). The second-order valence-electron chi connectivity index (χ2n) is 6.25. The van der Waals surface area contributed by atoms with E-state index in [9.17, 15) is 28.9 Å². The fraction of sp³-hybridized carbons (Fsp3) is 0.278. The summed E-state index contributed by atoms with van der Waals surface area (Å²) in [6.07, 6.45) is 1.30. The van der Waals surface area contributed by atoms with Crippen LogP contribution in [0, 0.1) is 21.8 Å². The summed E-state index contributed by atoms with van der Waals surface area (Å²) in [4.78, 5) is 46.4. The van der Waals surface area contributed by atoms with E-state index < -0.39 is 46.9 Å². The van der Waals surface area contributed by atoms with E-state index in [0.717, 1.165) is 12.1 Å². The molecule has 2 N–H and O–H groups in total. The van der Waals surface area contributed by atoms with E-state index in [1.165, 1.54) is 18.4 Å². The van der Waals surface area contributed by atoms with Crippen molar-refractivity contribution < 1.29 is 32.9 Å². The number of anilines is 1. The van der Waals surface area contributed by atoms with Crippen molar-refractivity contribution in [2.75, 3.05) is 11.9 Å². The van der Waals surface area contributed by atoms with Crippen molar-refractivity contribution >= 4 is 29.2 Å². The van der Waals surface area contributed by atoms with Gasteiger partial charge in [-0.2, -0.15) is 0 Å². The van der Waals surface area contributed by atoms with Gasteiger partial charge in [0.2, 0.25) is 0 Å². The normalized spacial score (nSPS) is 11.6. The zero-order chi connectivity index (χ0) is 21.6. The monoisotopic (exact) mass is 407 g/mol. The fourth-order valence-corrected chi connectivity index (χ4v) is 2.29. The molecule has 1 unspecified atom stereocenters. The zero-order valence-electron chi connectivity index (χ0n) is 15.5. The van der Waals surface area contributed by atoms with E-state index >= 15 is 0 Å². The SMILES string of the molecule is CC(C)C(NC(=O)c1ccco1)C(=O)OCC(=O)Nc1ccc(F)cc1[N+](=O)[O-]. The first-order valence-electron chi connectivity index (χ1n) is 8.44. The molecule has 0 fully saturated rings. The van der Waals surface area contributed by atoms with Crippen molar-refractivity contribution in [1.29, 1.82) is 0 Å². The number of nitro groups is 1. The Morgan fingerprint density at radius 1 is 1.28 bits per heavy atom. The van der Waals surface area contributed by atoms with Crippen LogP contribution in [0.2, 0.25) is 0 Å². The third-order valence-corrected chi connectivity index (χ3v) is 3.73. The molecule has 1 aromatic heterocycles. The van der Waals surface area contributed by atoms with Crippen molar-refractivity contribution in [3.63, 3.8) is 0 Å². The van der Waals surface area contributed by atoms with Crippen molar-refractivity contribution in [3.05, 3.63) is 58.3 Å². The minimum Gasteiger partial charge on any atom is -0.459 e. The molecule has 2 aromatic rings. The average Bonchev–Trinajstić information content (AvgIpc) is 3.20. The summed E-state index contributed by atoms with van der Waals surface area (Å²) >= 11 is 0. The Morgan fingerprint density at radius 2 is 2.00 bits per heavy atom. The van der Waals surface area contributed by atoms with Crippen LogP contribution in [0.25, 0.3) is 0 Å². The molecule has 2 amide bonds. The van der Waals surface area contributed by atoms with Gasteiger partial charge in [0.05, 0.1) is 17.3 Å². The number of benzene rings is 1. The first kappa shape index (κ1) is 21.5. The average molecular weight is 407 g/mol. The van der Waals surface area contributed by atoms with E-state index in [1.807, 2.05) is 0 Å². The minimum absolute atomic E-state index is 0.00446. The van der Waals surface area contributed by atoms with Gasteiger partial charge >= 0.3 is 5.97 Å². The molecule has 0 bridgehead atoms. The summed E-state index contributed by atoms with van der Waals surface area (Å²) in [5, 5.41) is 15.6. The van der Waals surface area contributed by atoms with E-state index in [1.54, 1.807) is 13.8 Å². The molecule has 0 aliphatic heterocycles. The first-order valence-corrected chi connectivity index (χ1v) is 8.44. The highest BCUT2D eigenvalue weighted by Crippen LogP contribution is 2.24. The number of halogens is 1. The highest BCUT2D eigenvalue weighted by molar-refractivity contribution is 5.96. The molecule has 0 saturated heterocycles. The number of rotatable bonds is 8. The molecule has 1 heterocycles. The summed E-state index contributed by atoms with van der Waals surface area (Å²) in [6.45, 7) is 2.57. The molecule has 11 heteroatoms. The van der Waals surface area contributed by atoms with Gasteiger partial charge in [0.15, 0.2) is 12.4 Å². The number of nitrogens with one attached hydrogen (secondary N) is 2. The number of furan rings is 1. The van der Waals surface area contributed by atoms with Crippen LogP contribution in [0.5, 0.6) is 0 Å². The summed E-state index contributed by atoms with van der Waals surface area (Å²) in [7, 11) is 0. The predicted molar refractivity (Wildman–Crippen MR) is 97.4 cm³/mol. The van der Waals surface area contributed by atoms with Gasteiger partial charge in [0.1, 0.15) is 17.5 Å². The molecule has 0 radical (unpaired) electrons. The maximum atomic E-state index is 13.1. The lowest BCUT2D eigenvalue weighted by Crippen LogP contribution is -2.45. The Morgan fingerprint density at radius 3 is 2.59 bits per heavy atom. The Labute approximate surface area is 164 Å². The smallest absolute Gasteiger partial charge is 0.329 e. The van der Waals surface area contributed by atoms with E-state index in [0.29, 0.717) is 6.07 Å². The van der Waals surface area contributed by atoms with Gasteiger partial charge in [-0.15, -0.1) is 0 Å². The molecule has 1 atom stereocenters. The molecule has 0 saturated carbocycles. The quantitative estimate of drug-likeness (QED) is 0.388. The number of nitrogens with zero attached hydrogens (tertiary/aromatic N) is 1. The number of ether oxygens (including phenoxy) is 1. The van der Waals surface area contributed by atoms with E-state index in [-0.39, 0.29) is 17.4 Å². The third-order valence-electron chi connectivity index (χ3n) is 3.73. The summed E-state index contributed by atoms with van der Waals surface area (Å²) < 4.78 is 23.0. The molecule has 0 aliphatic rings. The van der Waals surface area contributed by atoms with Gasteiger partial charge < -0.3 is 19.8 Å². The van der Waals surface area contributed by atoms with E-state index in [2.05, 4.69) is 10.6 Å². The minimum atomic E-state index is -1.06. The van der Waals surface area contributed by atoms with E-state index in [4.69, 9.17) is 9.15 Å². The third kappa shape index (κ3) is 5.86. The number of carbonyl (C=O) groups excluding carboxylic acids is 3. The van der Waals surface area contributed by atoms with Crippen LogP contribution in [-0.4, -0.2) is 35.4 Å². The van der Waals surface area contributed by atoms with Gasteiger partial charge in [-0.3, -0.25) is 19.7 Å². The zero-order valence-corrected chi connectivity index (χ0v) is 15.5. The molecular weight excluding hydrogens is 389 g/mol. The number of nitro benzene ring substituents is 1. The van der Waals surface area contributed by atoms with Crippen LogP contribution in [0.1, 0.15) is 24.4 Å². The number of hydrogen-bond donors (Lipinski definition) is 2. The Bertz CT molecular complexity index is 912. The number of carbonyl (C=O) groups is 3. The van der Waals surface area contributed by atoms with Crippen molar-refractivity contribution in [2.45, 2.75) is 19.9 Å². The first-order chi connectivity index (χ1) is 13.7. The van der Waals surface area contributed by atoms with Crippen LogP contribution < -0.4 is 10.6 Å². The lowest BCUT2D eigenvalue weighted by Gasteiger charge is -2.20. The Hall–Kier alpha value is -3.76. The molecule has 0 aliphatic carbocycles. The van der Waals surface area contributed by atoms with Crippen LogP contribution >= 0.6 is 0 Å². The van der Waals surface area contributed by atoms with Crippen molar-refractivity contribution in [2.24, 2.45) is 5.92 Å². The highest BCUT2D eigenvalue weighted by atomic mass is 19.1. The van der Waals surface area contributed by atoms with Crippen LogP contribution in [0.3, 0.4) is 0 Å². The molecule has 29 heavy (non-hydrogen) atoms. The van der Waals surface area contributed by atoms with Gasteiger partial charge in [-0.25, -0.2) is 9.18 Å². The summed E-state index contributed by atoms with van der Waals surface area (Å²) in [5.41, 5.74) is -0.889. The number of amides is 2. The van der Waals surface area contributed by atoms with Gasteiger partial charge in [0.25, 0.3) is 17.5 Å². The summed E-state index contributed by atoms with van der Waals surface area (Å²) in [5.74, 6) is -3.56.